The molecule has 2 heterocycles. The average molecular weight is 458 g/mol. The molecular weight excluding hydrogens is 437 g/mol. The van der Waals surface area contributed by atoms with Crippen LogP contribution in [-0.4, -0.2) is 32.3 Å². The molecule has 0 saturated carbocycles. The number of hydrogen-bond acceptors (Lipinski definition) is 4. The van der Waals surface area contributed by atoms with E-state index in [4.69, 9.17) is 37.4 Å². The third kappa shape index (κ3) is 3.56. The van der Waals surface area contributed by atoms with Crippen molar-refractivity contribution >= 4 is 45.6 Å². The Bertz CT molecular complexity index is 1140. The van der Waals surface area contributed by atoms with Gasteiger partial charge >= 0.3 is 0 Å². The first kappa shape index (κ1) is 20.6. The van der Waals surface area contributed by atoms with Crippen LogP contribution in [0.15, 0.2) is 54.6 Å². The first-order valence-corrected chi connectivity index (χ1v) is 11.1. The van der Waals surface area contributed by atoms with Gasteiger partial charge in [-0.1, -0.05) is 53.5 Å². The van der Waals surface area contributed by atoms with Crippen LogP contribution in [0.3, 0.4) is 0 Å². The van der Waals surface area contributed by atoms with Crippen molar-refractivity contribution in [2.75, 3.05) is 31.3 Å². The molecule has 7 heteroatoms. The molecule has 0 bridgehead atoms. The van der Waals surface area contributed by atoms with Crippen LogP contribution in [0.5, 0.6) is 5.75 Å². The van der Waals surface area contributed by atoms with Gasteiger partial charge in [-0.05, 0) is 47.9 Å². The van der Waals surface area contributed by atoms with Gasteiger partial charge in [-0.3, -0.25) is 4.79 Å². The molecule has 160 valence electrons. The summed E-state index contributed by atoms with van der Waals surface area (Å²) in [6.45, 7) is 1.71. The molecule has 5 rings (SSSR count). The van der Waals surface area contributed by atoms with E-state index in [1.807, 2.05) is 30.3 Å². The topological polar surface area (TPSA) is 48.0 Å². The maximum atomic E-state index is 13.4. The second-order valence-corrected chi connectivity index (χ2v) is 8.40. The van der Waals surface area contributed by atoms with E-state index in [1.165, 1.54) is 5.39 Å². The molecule has 1 saturated heterocycles. The number of carbonyl (C=O) groups excluding carboxylic acids is 1. The zero-order chi connectivity index (χ0) is 21.4. The van der Waals surface area contributed by atoms with Crippen molar-refractivity contribution in [1.29, 1.82) is 0 Å². The van der Waals surface area contributed by atoms with Crippen molar-refractivity contribution in [3.63, 3.8) is 0 Å². The lowest BCUT2D eigenvalue weighted by Crippen LogP contribution is -2.47. The Hall–Kier alpha value is -2.31. The van der Waals surface area contributed by atoms with Gasteiger partial charge in [0.25, 0.3) is 11.7 Å². The Kier molecular flexibility index (Phi) is 5.52. The summed E-state index contributed by atoms with van der Waals surface area (Å²) < 4.78 is 17.6. The zero-order valence-corrected chi connectivity index (χ0v) is 18.3. The van der Waals surface area contributed by atoms with Gasteiger partial charge in [0, 0.05) is 6.54 Å². The van der Waals surface area contributed by atoms with Crippen molar-refractivity contribution in [3.05, 3.63) is 70.2 Å². The van der Waals surface area contributed by atoms with Crippen LogP contribution in [0, 0.1) is 0 Å². The number of amides is 1. The molecule has 5 nitrogen and oxygen atoms in total. The number of benzene rings is 3. The second-order valence-electron chi connectivity index (χ2n) is 7.59. The number of ether oxygens (including phenoxy) is 3. The number of halogens is 2. The van der Waals surface area contributed by atoms with Gasteiger partial charge in [0.15, 0.2) is 0 Å². The van der Waals surface area contributed by atoms with Crippen molar-refractivity contribution < 1.29 is 19.0 Å². The van der Waals surface area contributed by atoms with E-state index in [9.17, 15) is 4.79 Å². The lowest BCUT2D eigenvalue weighted by molar-refractivity contribution is -0.256. The molecule has 3 aromatic rings. The minimum absolute atomic E-state index is 0.289. The van der Waals surface area contributed by atoms with Gasteiger partial charge in [0.1, 0.15) is 5.75 Å². The number of carbonyl (C=O) groups is 1. The Balaban J connectivity index is 1.32. The molecule has 0 aliphatic carbocycles. The summed E-state index contributed by atoms with van der Waals surface area (Å²) >= 11 is 12.9. The highest BCUT2D eigenvalue weighted by Gasteiger charge is 2.56. The predicted octanol–water partition coefficient (Wildman–Crippen LogP) is 5.55. The van der Waals surface area contributed by atoms with Crippen LogP contribution in [0.1, 0.15) is 18.4 Å². The van der Waals surface area contributed by atoms with Crippen LogP contribution in [0.25, 0.3) is 10.8 Å². The number of rotatable bonds is 5. The van der Waals surface area contributed by atoms with Gasteiger partial charge in [-0.15, -0.1) is 0 Å². The number of nitrogens with zero attached hydrogens (tertiary/aromatic N) is 1. The largest absolute Gasteiger partial charge is 0.494 e. The Morgan fingerprint density at radius 2 is 1.71 bits per heavy atom. The van der Waals surface area contributed by atoms with Crippen LogP contribution in [-0.2, 0) is 20.1 Å². The van der Waals surface area contributed by atoms with Crippen molar-refractivity contribution in [2.45, 2.75) is 18.6 Å². The highest BCUT2D eigenvalue weighted by Crippen LogP contribution is 2.51. The molecule has 1 amide bonds. The summed E-state index contributed by atoms with van der Waals surface area (Å²) in [5.74, 6) is -0.999. The lowest BCUT2D eigenvalue weighted by Gasteiger charge is -2.32. The zero-order valence-electron chi connectivity index (χ0n) is 16.8. The summed E-state index contributed by atoms with van der Waals surface area (Å²) in [6.07, 6.45) is 1.33. The fourth-order valence-corrected chi connectivity index (χ4v) is 4.72. The quantitative estimate of drug-likeness (QED) is 0.471. The first-order chi connectivity index (χ1) is 15.1. The van der Waals surface area contributed by atoms with Gasteiger partial charge in [0.2, 0.25) is 0 Å². The summed E-state index contributed by atoms with van der Waals surface area (Å²) in [4.78, 5) is 15.0. The maximum absolute atomic E-state index is 13.4. The minimum Gasteiger partial charge on any atom is -0.494 e. The van der Waals surface area contributed by atoms with Gasteiger partial charge in [-0.2, -0.15) is 0 Å². The fraction of sp³-hybridized carbons (Fsp3) is 0.292. The molecule has 2 aliphatic rings. The van der Waals surface area contributed by atoms with E-state index in [-0.39, 0.29) is 5.91 Å². The Labute approximate surface area is 190 Å². The summed E-state index contributed by atoms with van der Waals surface area (Å²) in [5.41, 5.74) is 1.06. The fourth-order valence-electron chi connectivity index (χ4n) is 4.19. The van der Waals surface area contributed by atoms with E-state index in [0.717, 1.165) is 17.6 Å². The van der Waals surface area contributed by atoms with Crippen molar-refractivity contribution in [2.24, 2.45) is 0 Å². The molecule has 0 aromatic heterocycles. The van der Waals surface area contributed by atoms with Gasteiger partial charge in [-0.25, -0.2) is 0 Å². The SMILES string of the molecule is O=C1N(CCCOc2ccc3ccccc3c2)c2c(Cl)ccc(Cl)c2C12OCCCO2. The van der Waals surface area contributed by atoms with Gasteiger partial charge < -0.3 is 19.1 Å². The summed E-state index contributed by atoms with van der Waals surface area (Å²) in [5, 5.41) is 3.14. The molecular formula is C24H21Cl2NO4. The number of fused-ring (bicyclic) bond motifs is 3. The highest BCUT2D eigenvalue weighted by atomic mass is 35.5. The Morgan fingerprint density at radius 3 is 2.52 bits per heavy atom. The highest BCUT2D eigenvalue weighted by molar-refractivity contribution is 6.38. The van der Waals surface area contributed by atoms with E-state index >= 15 is 0 Å². The van der Waals surface area contributed by atoms with E-state index in [1.54, 1.807) is 17.0 Å². The number of hydrogen-bond donors (Lipinski definition) is 0. The van der Waals surface area contributed by atoms with E-state index in [0.29, 0.717) is 54.1 Å². The monoisotopic (exact) mass is 457 g/mol. The maximum Gasteiger partial charge on any atom is 0.292 e. The van der Waals surface area contributed by atoms with Crippen LogP contribution in [0.4, 0.5) is 5.69 Å². The molecule has 31 heavy (non-hydrogen) atoms. The molecule has 1 spiro atoms. The van der Waals surface area contributed by atoms with Gasteiger partial charge in [0.05, 0.1) is 41.1 Å². The minimum atomic E-state index is -1.51. The Morgan fingerprint density at radius 1 is 0.968 bits per heavy atom. The van der Waals surface area contributed by atoms with E-state index in [2.05, 4.69) is 12.1 Å². The second kappa shape index (κ2) is 8.32. The normalized spacial score (nSPS) is 17.4. The van der Waals surface area contributed by atoms with E-state index < -0.39 is 5.79 Å². The smallest absolute Gasteiger partial charge is 0.292 e. The van der Waals surface area contributed by atoms with Crippen molar-refractivity contribution in [1.82, 2.24) is 0 Å². The summed E-state index contributed by atoms with van der Waals surface area (Å²) in [7, 11) is 0. The average Bonchev–Trinajstić information content (AvgIpc) is 3.03. The van der Waals surface area contributed by atoms with Crippen LogP contribution < -0.4 is 9.64 Å². The lowest BCUT2D eigenvalue weighted by atomic mass is 10.1. The molecule has 2 aliphatic heterocycles. The molecule has 0 atom stereocenters. The third-order valence-corrected chi connectivity index (χ3v) is 6.24. The molecule has 1 fully saturated rings. The first-order valence-electron chi connectivity index (χ1n) is 10.3. The standard InChI is InChI=1S/C24H21Cl2NO4/c25-19-9-10-20(26)22-21(19)24(30-13-4-14-31-24)23(28)27(22)11-3-12-29-18-8-7-16-5-1-2-6-17(16)15-18/h1-2,5-10,15H,3-4,11-14H2. The predicted molar refractivity (Wildman–Crippen MR) is 121 cm³/mol. The van der Waals surface area contributed by atoms with Crippen LogP contribution >= 0.6 is 23.2 Å². The molecule has 0 N–H and O–H groups in total. The molecule has 3 aromatic carbocycles. The summed E-state index contributed by atoms with van der Waals surface area (Å²) in [6, 6.07) is 17.5. The van der Waals surface area contributed by atoms with Crippen molar-refractivity contribution in [3.8, 4) is 5.75 Å². The number of anilines is 1. The molecule has 0 unspecified atom stereocenters. The third-order valence-electron chi connectivity index (χ3n) is 5.62. The van der Waals surface area contributed by atoms with Crippen LogP contribution in [0.2, 0.25) is 10.0 Å². The molecule has 0 radical (unpaired) electrons.